The van der Waals surface area contributed by atoms with Gasteiger partial charge in [-0.25, -0.2) is 8.93 Å². The van der Waals surface area contributed by atoms with E-state index in [0.29, 0.717) is 40.6 Å². The molecule has 4 rings (SSSR count). The lowest BCUT2D eigenvalue weighted by Gasteiger charge is -2.11. The van der Waals surface area contributed by atoms with Crippen LogP contribution in [-0.2, 0) is 24.0 Å². The quantitative estimate of drug-likeness (QED) is 0.279. The molecule has 0 aromatic heterocycles. The lowest BCUT2D eigenvalue weighted by atomic mass is 9.98. The third kappa shape index (κ3) is 6.76. The summed E-state index contributed by atoms with van der Waals surface area (Å²) in [5, 5.41) is 3.26. The van der Waals surface area contributed by atoms with Crippen LogP contribution in [0.15, 0.2) is 108 Å². The van der Waals surface area contributed by atoms with Crippen LogP contribution in [0, 0.1) is 0 Å². The molecular weight excluding hydrogens is 492 g/mol. The van der Waals surface area contributed by atoms with Gasteiger partial charge in [0, 0.05) is 29.2 Å². The van der Waals surface area contributed by atoms with Gasteiger partial charge in [-0.2, -0.15) is 0 Å². The first-order chi connectivity index (χ1) is 17.5. The van der Waals surface area contributed by atoms with E-state index in [1.165, 1.54) is 6.07 Å². The maximum absolute atomic E-state index is 12.9. The van der Waals surface area contributed by atoms with Gasteiger partial charge in [0.1, 0.15) is 11.0 Å². The number of halogens is 1. The molecule has 4 aromatic carbocycles. The molecule has 0 fully saturated rings. The van der Waals surface area contributed by atoms with Crippen LogP contribution in [0.5, 0.6) is 0 Å². The molecular formula is C29H25ClN2O3S. The van der Waals surface area contributed by atoms with E-state index < -0.39 is 11.0 Å². The van der Waals surface area contributed by atoms with Crippen molar-refractivity contribution in [2.45, 2.75) is 17.9 Å². The fourth-order valence-electron chi connectivity index (χ4n) is 3.67. The molecule has 1 unspecified atom stereocenters. The van der Waals surface area contributed by atoms with Crippen molar-refractivity contribution in [1.29, 1.82) is 0 Å². The first-order valence-corrected chi connectivity index (χ1v) is 13.0. The van der Waals surface area contributed by atoms with Gasteiger partial charge < -0.3 is 5.32 Å². The Labute approximate surface area is 218 Å². The van der Waals surface area contributed by atoms with Gasteiger partial charge in [-0.05, 0) is 47.9 Å². The van der Waals surface area contributed by atoms with E-state index in [1.807, 2.05) is 60.7 Å². The van der Waals surface area contributed by atoms with Gasteiger partial charge in [-0.15, -0.1) is 0 Å². The molecule has 0 saturated carbocycles. The maximum atomic E-state index is 12.9. The number of hydrogen-bond donors (Lipinski definition) is 2. The van der Waals surface area contributed by atoms with Gasteiger partial charge in [0.2, 0.25) is 0 Å². The number of hydrogen-bond acceptors (Lipinski definition) is 3. The second-order valence-corrected chi connectivity index (χ2v) is 9.84. The third-order valence-corrected chi connectivity index (χ3v) is 6.94. The van der Waals surface area contributed by atoms with E-state index in [4.69, 9.17) is 11.6 Å². The van der Waals surface area contributed by atoms with Crippen molar-refractivity contribution in [2.75, 3.05) is 6.54 Å². The van der Waals surface area contributed by atoms with Crippen molar-refractivity contribution in [3.63, 3.8) is 0 Å². The number of amides is 1. The fraction of sp³-hybridized carbons (Fsp3) is 0.103. The summed E-state index contributed by atoms with van der Waals surface area (Å²) < 4.78 is 15.5. The SMILES string of the molecule is O=C(NCCc1ccc(S(=O)NCc2ccccc2)cc1)c1cc(Cl)ccc1C(=O)c1ccccc1. The molecule has 2 N–H and O–H groups in total. The highest BCUT2D eigenvalue weighted by atomic mass is 35.5. The van der Waals surface area contributed by atoms with Gasteiger partial charge >= 0.3 is 0 Å². The maximum Gasteiger partial charge on any atom is 0.252 e. The summed E-state index contributed by atoms with van der Waals surface area (Å²) in [5.74, 6) is -0.596. The van der Waals surface area contributed by atoms with Crippen LogP contribution in [0.2, 0.25) is 5.02 Å². The topological polar surface area (TPSA) is 75.3 Å². The summed E-state index contributed by atoms with van der Waals surface area (Å²) in [6, 6.07) is 30.7. The molecule has 0 saturated heterocycles. The van der Waals surface area contributed by atoms with Crippen LogP contribution in [-0.4, -0.2) is 22.4 Å². The molecule has 0 bridgehead atoms. The number of nitrogens with one attached hydrogen (secondary N) is 2. The molecule has 0 aliphatic heterocycles. The summed E-state index contributed by atoms with van der Waals surface area (Å²) in [5.41, 5.74) is 3.10. The van der Waals surface area contributed by atoms with Crippen LogP contribution >= 0.6 is 11.6 Å². The van der Waals surface area contributed by atoms with Crippen LogP contribution in [0.25, 0.3) is 0 Å². The van der Waals surface area contributed by atoms with Crippen molar-refractivity contribution in [1.82, 2.24) is 10.0 Å². The summed E-state index contributed by atoms with van der Waals surface area (Å²) in [6.45, 7) is 0.887. The van der Waals surface area contributed by atoms with E-state index in [9.17, 15) is 13.8 Å². The van der Waals surface area contributed by atoms with Gasteiger partial charge in [-0.3, -0.25) is 9.59 Å². The predicted molar refractivity (Wildman–Crippen MR) is 143 cm³/mol. The highest BCUT2D eigenvalue weighted by Crippen LogP contribution is 2.20. The summed E-state index contributed by atoms with van der Waals surface area (Å²) >= 11 is 6.12. The Hall–Kier alpha value is -3.58. The summed E-state index contributed by atoms with van der Waals surface area (Å²) in [7, 11) is -1.32. The number of carbonyl (C=O) groups is 2. The van der Waals surface area contributed by atoms with Crippen LogP contribution in [0.4, 0.5) is 0 Å². The molecule has 0 heterocycles. The van der Waals surface area contributed by atoms with Crippen molar-refractivity contribution < 1.29 is 13.8 Å². The average molecular weight is 517 g/mol. The molecule has 1 amide bonds. The molecule has 0 aliphatic rings. The zero-order chi connectivity index (χ0) is 25.3. The molecule has 0 radical (unpaired) electrons. The van der Waals surface area contributed by atoms with E-state index in [1.54, 1.807) is 36.4 Å². The van der Waals surface area contributed by atoms with Crippen molar-refractivity contribution in [3.8, 4) is 0 Å². The number of rotatable bonds is 10. The molecule has 0 aliphatic carbocycles. The van der Waals surface area contributed by atoms with Gasteiger partial charge in [0.05, 0.1) is 10.5 Å². The lowest BCUT2D eigenvalue weighted by molar-refractivity contribution is 0.0942. The molecule has 0 spiro atoms. The standard InChI is InChI=1S/C29H25ClN2O3S/c30-24-13-16-26(28(33)23-9-5-2-6-10-23)27(19-24)29(34)31-18-17-21-11-14-25(15-12-21)36(35)32-20-22-7-3-1-4-8-22/h1-16,19,32H,17-18,20H2,(H,31,34). The smallest absolute Gasteiger partial charge is 0.252 e. The van der Waals surface area contributed by atoms with Gasteiger partial charge in [0.25, 0.3) is 5.91 Å². The van der Waals surface area contributed by atoms with Gasteiger partial charge in [-0.1, -0.05) is 84.4 Å². The first kappa shape index (κ1) is 25.5. The molecule has 4 aromatic rings. The van der Waals surface area contributed by atoms with Gasteiger partial charge in [0.15, 0.2) is 5.78 Å². The van der Waals surface area contributed by atoms with Crippen LogP contribution < -0.4 is 10.0 Å². The second kappa shape index (κ2) is 12.4. The number of benzene rings is 4. The van der Waals surface area contributed by atoms with Crippen LogP contribution in [0.3, 0.4) is 0 Å². The highest BCUT2D eigenvalue weighted by Gasteiger charge is 2.18. The largest absolute Gasteiger partial charge is 0.352 e. The Morgan fingerprint density at radius 2 is 1.42 bits per heavy atom. The number of carbonyl (C=O) groups excluding carboxylic acids is 2. The zero-order valence-corrected chi connectivity index (χ0v) is 21.0. The Bertz CT molecular complexity index is 1360. The Morgan fingerprint density at radius 3 is 2.11 bits per heavy atom. The van der Waals surface area contributed by atoms with E-state index in [2.05, 4.69) is 10.0 Å². The molecule has 5 nitrogen and oxygen atoms in total. The minimum atomic E-state index is -1.32. The minimum Gasteiger partial charge on any atom is -0.352 e. The molecule has 182 valence electrons. The Morgan fingerprint density at radius 1 is 0.750 bits per heavy atom. The third-order valence-electron chi connectivity index (χ3n) is 5.59. The summed E-state index contributed by atoms with van der Waals surface area (Å²) in [6.07, 6.45) is 0.582. The monoisotopic (exact) mass is 516 g/mol. The Kier molecular flexibility index (Phi) is 8.79. The second-order valence-electron chi connectivity index (χ2n) is 8.11. The van der Waals surface area contributed by atoms with E-state index >= 15 is 0 Å². The Balaban J connectivity index is 1.33. The normalized spacial score (nSPS) is 11.6. The van der Waals surface area contributed by atoms with Crippen molar-refractivity contribution in [3.05, 3.63) is 136 Å². The first-order valence-electron chi connectivity index (χ1n) is 11.5. The summed E-state index contributed by atoms with van der Waals surface area (Å²) in [4.78, 5) is 26.5. The fourth-order valence-corrected chi connectivity index (χ4v) is 4.69. The minimum absolute atomic E-state index is 0.234. The zero-order valence-electron chi connectivity index (χ0n) is 19.4. The molecule has 1 atom stereocenters. The highest BCUT2D eigenvalue weighted by molar-refractivity contribution is 7.83. The predicted octanol–water partition coefficient (Wildman–Crippen LogP) is 5.36. The molecule has 7 heteroatoms. The van der Waals surface area contributed by atoms with E-state index in [0.717, 1.165) is 11.1 Å². The van der Waals surface area contributed by atoms with Crippen LogP contribution in [0.1, 0.15) is 37.4 Å². The van der Waals surface area contributed by atoms with E-state index in [-0.39, 0.29) is 17.3 Å². The van der Waals surface area contributed by atoms with Crippen molar-refractivity contribution in [2.24, 2.45) is 0 Å². The van der Waals surface area contributed by atoms with Crippen molar-refractivity contribution >= 4 is 34.3 Å². The lowest BCUT2D eigenvalue weighted by Crippen LogP contribution is -2.27. The average Bonchev–Trinajstić information content (AvgIpc) is 2.92. The molecule has 36 heavy (non-hydrogen) atoms. The number of ketones is 1.